The largest absolute Gasteiger partial charge is 0.349 e. The van der Waals surface area contributed by atoms with Crippen molar-refractivity contribution in [3.8, 4) is 0 Å². The number of hydrogen-bond donors (Lipinski definition) is 1. The van der Waals surface area contributed by atoms with Crippen molar-refractivity contribution in [1.82, 2.24) is 5.32 Å². The van der Waals surface area contributed by atoms with Crippen LogP contribution in [0.25, 0.3) is 0 Å². The summed E-state index contributed by atoms with van der Waals surface area (Å²) in [6.45, 7) is 0.374. The molecule has 1 amide bonds. The average Bonchev–Trinajstić information content (AvgIpc) is 2.60. The zero-order valence-corrected chi connectivity index (χ0v) is 15.0. The highest BCUT2D eigenvalue weighted by Crippen LogP contribution is 2.34. The van der Waals surface area contributed by atoms with E-state index in [1.54, 1.807) is 6.07 Å². The molecule has 6 heteroatoms. The van der Waals surface area contributed by atoms with Crippen LogP contribution in [0.5, 0.6) is 0 Å². The molecule has 0 spiro atoms. The molecule has 25 heavy (non-hydrogen) atoms. The fourth-order valence-electron chi connectivity index (χ4n) is 3.20. The van der Waals surface area contributed by atoms with Crippen LogP contribution in [0.2, 0.25) is 0 Å². The molecule has 5 nitrogen and oxygen atoms in total. The van der Waals surface area contributed by atoms with Crippen molar-refractivity contribution in [1.29, 1.82) is 0 Å². The van der Waals surface area contributed by atoms with Gasteiger partial charge in [0, 0.05) is 13.0 Å². The summed E-state index contributed by atoms with van der Waals surface area (Å²) in [7, 11) is -3.32. The third-order valence-electron chi connectivity index (χ3n) is 4.42. The van der Waals surface area contributed by atoms with Crippen LogP contribution in [-0.2, 0) is 21.2 Å². The highest BCUT2D eigenvalue weighted by Gasteiger charge is 2.30. The number of nitrogens with one attached hydrogen (secondary N) is 1. The van der Waals surface area contributed by atoms with Crippen LogP contribution in [0.4, 0.5) is 5.69 Å². The van der Waals surface area contributed by atoms with Gasteiger partial charge in [0.2, 0.25) is 15.9 Å². The number of para-hydroxylation sites is 1. The van der Waals surface area contributed by atoms with Crippen LogP contribution in [0.1, 0.15) is 30.0 Å². The maximum atomic E-state index is 12.3. The second-order valence-electron chi connectivity index (χ2n) is 6.29. The monoisotopic (exact) mass is 358 g/mol. The van der Waals surface area contributed by atoms with Gasteiger partial charge in [-0.3, -0.25) is 9.10 Å². The molecule has 0 saturated heterocycles. The van der Waals surface area contributed by atoms with Crippen molar-refractivity contribution in [3.63, 3.8) is 0 Å². The Morgan fingerprint density at radius 2 is 1.80 bits per heavy atom. The molecule has 0 bridgehead atoms. The lowest BCUT2D eigenvalue weighted by atomic mass is 9.97. The standard InChI is InChI=1S/C19H22N2O3S/c1-25(23,24)21-14-13-17(16-9-5-6-10-18(16)21)20-19(22)12-11-15-7-3-2-4-8-15/h2-10,17H,11-14H2,1H3,(H,20,22). The topological polar surface area (TPSA) is 66.5 Å². The molecule has 0 radical (unpaired) electrons. The number of rotatable bonds is 5. The number of hydrogen-bond acceptors (Lipinski definition) is 3. The van der Waals surface area contributed by atoms with Gasteiger partial charge >= 0.3 is 0 Å². The van der Waals surface area contributed by atoms with E-state index in [0.29, 0.717) is 31.5 Å². The zero-order chi connectivity index (χ0) is 17.9. The van der Waals surface area contributed by atoms with Crippen LogP contribution >= 0.6 is 0 Å². The Labute approximate surface area is 148 Å². The van der Waals surface area contributed by atoms with Gasteiger partial charge in [-0.15, -0.1) is 0 Å². The fraction of sp³-hybridized carbons (Fsp3) is 0.316. The summed E-state index contributed by atoms with van der Waals surface area (Å²) in [6.07, 6.45) is 2.89. The molecule has 1 aliphatic heterocycles. The Balaban J connectivity index is 1.69. The molecule has 3 rings (SSSR count). The Bertz CT molecular complexity index is 850. The van der Waals surface area contributed by atoms with E-state index < -0.39 is 10.0 Å². The maximum absolute atomic E-state index is 12.3. The number of carbonyl (C=O) groups excluding carboxylic acids is 1. The summed E-state index contributed by atoms with van der Waals surface area (Å²) < 4.78 is 25.4. The van der Waals surface area contributed by atoms with E-state index in [1.165, 1.54) is 10.6 Å². The quantitative estimate of drug-likeness (QED) is 0.893. The van der Waals surface area contributed by atoms with E-state index in [1.807, 2.05) is 48.5 Å². The molecule has 0 fully saturated rings. The van der Waals surface area contributed by atoms with Crippen molar-refractivity contribution in [2.24, 2.45) is 0 Å². The molecule has 0 aromatic heterocycles. The minimum Gasteiger partial charge on any atom is -0.349 e. The van der Waals surface area contributed by atoms with Crippen molar-refractivity contribution < 1.29 is 13.2 Å². The van der Waals surface area contributed by atoms with Gasteiger partial charge in [0.05, 0.1) is 18.0 Å². The number of nitrogens with zero attached hydrogens (tertiary/aromatic N) is 1. The highest BCUT2D eigenvalue weighted by molar-refractivity contribution is 7.92. The van der Waals surface area contributed by atoms with Gasteiger partial charge in [-0.25, -0.2) is 8.42 Å². The molecule has 2 aromatic carbocycles. The second kappa shape index (κ2) is 7.27. The number of benzene rings is 2. The number of anilines is 1. The van der Waals surface area contributed by atoms with Gasteiger partial charge in [-0.1, -0.05) is 48.5 Å². The lowest BCUT2D eigenvalue weighted by molar-refractivity contribution is -0.121. The van der Waals surface area contributed by atoms with Crippen molar-refractivity contribution >= 4 is 21.6 Å². The Hall–Kier alpha value is -2.34. The molecule has 2 aromatic rings. The molecular weight excluding hydrogens is 336 g/mol. The molecular formula is C19H22N2O3S. The van der Waals surface area contributed by atoms with Crippen LogP contribution in [0.3, 0.4) is 0 Å². The molecule has 1 N–H and O–H groups in total. The third-order valence-corrected chi connectivity index (χ3v) is 5.60. The first-order valence-electron chi connectivity index (χ1n) is 8.35. The molecule has 1 heterocycles. The predicted molar refractivity (Wildman–Crippen MR) is 98.9 cm³/mol. The molecule has 1 atom stereocenters. The maximum Gasteiger partial charge on any atom is 0.232 e. The Morgan fingerprint density at radius 1 is 1.12 bits per heavy atom. The molecule has 0 aliphatic carbocycles. The average molecular weight is 358 g/mol. The number of aryl methyl sites for hydroxylation is 1. The van der Waals surface area contributed by atoms with Gasteiger partial charge in [0.15, 0.2) is 0 Å². The number of fused-ring (bicyclic) bond motifs is 1. The van der Waals surface area contributed by atoms with Gasteiger partial charge in [0.1, 0.15) is 0 Å². The van der Waals surface area contributed by atoms with Crippen LogP contribution < -0.4 is 9.62 Å². The number of sulfonamides is 1. The number of carbonyl (C=O) groups is 1. The van der Waals surface area contributed by atoms with Crippen molar-refractivity contribution in [2.45, 2.75) is 25.3 Å². The summed E-state index contributed by atoms with van der Waals surface area (Å²) in [6, 6.07) is 17.1. The Morgan fingerprint density at radius 3 is 2.52 bits per heavy atom. The van der Waals surface area contributed by atoms with E-state index in [-0.39, 0.29) is 11.9 Å². The molecule has 1 unspecified atom stereocenters. The fourth-order valence-corrected chi connectivity index (χ4v) is 4.16. The molecule has 0 saturated carbocycles. The van der Waals surface area contributed by atoms with E-state index in [2.05, 4.69) is 5.32 Å². The van der Waals surface area contributed by atoms with Gasteiger partial charge in [-0.2, -0.15) is 0 Å². The first-order valence-corrected chi connectivity index (χ1v) is 10.2. The van der Waals surface area contributed by atoms with E-state index in [4.69, 9.17) is 0 Å². The first-order chi connectivity index (χ1) is 11.9. The summed E-state index contributed by atoms with van der Waals surface area (Å²) >= 11 is 0. The van der Waals surface area contributed by atoms with E-state index in [9.17, 15) is 13.2 Å². The normalized spacial score (nSPS) is 17.0. The minimum atomic E-state index is -3.32. The van der Waals surface area contributed by atoms with Crippen molar-refractivity contribution in [2.75, 3.05) is 17.1 Å². The highest BCUT2D eigenvalue weighted by atomic mass is 32.2. The SMILES string of the molecule is CS(=O)(=O)N1CCC(NC(=O)CCc2ccccc2)c2ccccc21. The first kappa shape index (κ1) is 17.5. The predicted octanol–water partition coefficient (Wildman–Crippen LogP) is 2.65. The third kappa shape index (κ3) is 4.20. The van der Waals surface area contributed by atoms with Crippen LogP contribution in [-0.4, -0.2) is 27.1 Å². The van der Waals surface area contributed by atoms with E-state index >= 15 is 0 Å². The lowest BCUT2D eigenvalue weighted by Crippen LogP contribution is -2.40. The van der Waals surface area contributed by atoms with Crippen LogP contribution in [0, 0.1) is 0 Å². The summed E-state index contributed by atoms with van der Waals surface area (Å²) in [4.78, 5) is 12.3. The summed E-state index contributed by atoms with van der Waals surface area (Å²) in [5.74, 6) is -0.0172. The van der Waals surface area contributed by atoms with Gasteiger partial charge < -0.3 is 5.32 Å². The summed E-state index contributed by atoms with van der Waals surface area (Å²) in [5, 5.41) is 3.06. The van der Waals surface area contributed by atoms with Crippen molar-refractivity contribution in [3.05, 3.63) is 65.7 Å². The van der Waals surface area contributed by atoms with Gasteiger partial charge in [0.25, 0.3) is 0 Å². The minimum absolute atomic E-state index is 0.0172. The second-order valence-corrected chi connectivity index (χ2v) is 8.20. The number of amides is 1. The smallest absolute Gasteiger partial charge is 0.232 e. The lowest BCUT2D eigenvalue weighted by Gasteiger charge is -2.34. The Kier molecular flexibility index (Phi) is 5.08. The van der Waals surface area contributed by atoms with E-state index in [0.717, 1.165) is 11.1 Å². The van der Waals surface area contributed by atoms with Crippen LogP contribution in [0.15, 0.2) is 54.6 Å². The molecule has 132 valence electrons. The van der Waals surface area contributed by atoms with Gasteiger partial charge in [-0.05, 0) is 30.0 Å². The molecule has 1 aliphatic rings. The zero-order valence-electron chi connectivity index (χ0n) is 14.2. The summed E-state index contributed by atoms with van der Waals surface area (Å²) in [5.41, 5.74) is 2.64.